The van der Waals surface area contributed by atoms with E-state index in [0.29, 0.717) is 24.3 Å². The van der Waals surface area contributed by atoms with Gasteiger partial charge in [-0.3, -0.25) is 4.90 Å². The summed E-state index contributed by atoms with van der Waals surface area (Å²) >= 11 is 1.25. The molecule has 1 aromatic carbocycles. The number of alkyl halides is 3. The lowest BCUT2D eigenvalue weighted by molar-refractivity contribution is -0.137. The van der Waals surface area contributed by atoms with Gasteiger partial charge in [-0.05, 0) is 44.5 Å². The van der Waals surface area contributed by atoms with Crippen molar-refractivity contribution in [3.63, 3.8) is 0 Å². The highest BCUT2D eigenvalue weighted by Gasteiger charge is 2.32. The number of hydrogen-bond acceptors (Lipinski definition) is 4. The lowest BCUT2D eigenvalue weighted by Crippen LogP contribution is -2.36. The maximum absolute atomic E-state index is 13.7. The van der Waals surface area contributed by atoms with Crippen molar-refractivity contribution in [3.05, 3.63) is 34.5 Å². The topological polar surface area (TPSA) is 42.1 Å². The molecule has 2 heterocycles. The van der Waals surface area contributed by atoms with Crippen molar-refractivity contribution in [1.82, 2.24) is 9.88 Å². The largest absolute Gasteiger partial charge is 0.416 e. The lowest BCUT2D eigenvalue weighted by Gasteiger charge is -2.33. The summed E-state index contributed by atoms with van der Waals surface area (Å²) in [5.41, 5.74) is 5.22. The number of nitrogens with two attached hydrogens (primary N) is 1. The first-order valence-electron chi connectivity index (χ1n) is 8.11. The van der Waals surface area contributed by atoms with Gasteiger partial charge >= 0.3 is 6.18 Å². The van der Waals surface area contributed by atoms with E-state index >= 15 is 0 Å². The molecule has 0 aliphatic carbocycles. The highest BCUT2D eigenvalue weighted by Crippen LogP contribution is 2.36. The van der Waals surface area contributed by atoms with Crippen molar-refractivity contribution in [2.24, 2.45) is 0 Å². The fourth-order valence-electron chi connectivity index (χ4n) is 3.17. The number of thiazole rings is 1. The van der Waals surface area contributed by atoms with Gasteiger partial charge in [-0.15, -0.1) is 11.3 Å². The molecule has 1 aromatic heterocycles. The fourth-order valence-corrected chi connectivity index (χ4v) is 4.05. The molecule has 1 fully saturated rings. The minimum absolute atomic E-state index is 0.111. The van der Waals surface area contributed by atoms with Gasteiger partial charge in [0, 0.05) is 23.0 Å². The smallest absolute Gasteiger partial charge is 0.375 e. The van der Waals surface area contributed by atoms with E-state index in [1.165, 1.54) is 17.8 Å². The Morgan fingerprint density at radius 3 is 2.72 bits per heavy atom. The second kappa shape index (κ2) is 6.92. The standard InChI is InChI=1S/C17H19F4N3S/c1-10-4-2-3-5-24(10)9-14-15(23-16(22)25-14)11-6-12(17(19,20)21)8-13(18)7-11/h6-8,10H,2-5,9H2,1H3,(H2,22,23)/t10-/m1/s1. The maximum Gasteiger partial charge on any atom is 0.416 e. The Labute approximate surface area is 147 Å². The molecule has 25 heavy (non-hydrogen) atoms. The lowest BCUT2D eigenvalue weighted by atomic mass is 10.0. The maximum atomic E-state index is 13.7. The van der Waals surface area contributed by atoms with E-state index in [9.17, 15) is 17.6 Å². The Hall–Kier alpha value is -1.67. The van der Waals surface area contributed by atoms with E-state index in [1.807, 2.05) is 0 Å². The van der Waals surface area contributed by atoms with Crippen molar-refractivity contribution in [2.75, 3.05) is 12.3 Å². The second-order valence-corrected chi connectivity index (χ2v) is 7.48. The molecule has 3 nitrogen and oxygen atoms in total. The molecule has 0 spiro atoms. The molecule has 2 N–H and O–H groups in total. The quantitative estimate of drug-likeness (QED) is 0.776. The number of halogens is 4. The number of piperidine rings is 1. The van der Waals surface area contributed by atoms with Gasteiger partial charge in [0.25, 0.3) is 0 Å². The third kappa shape index (κ3) is 4.12. The molecule has 1 saturated heterocycles. The number of benzene rings is 1. The van der Waals surface area contributed by atoms with Crippen molar-refractivity contribution >= 4 is 16.5 Å². The first kappa shape index (κ1) is 18.1. The minimum atomic E-state index is -4.61. The van der Waals surface area contributed by atoms with Gasteiger partial charge in [0.2, 0.25) is 0 Å². The Morgan fingerprint density at radius 2 is 2.04 bits per heavy atom. The van der Waals surface area contributed by atoms with E-state index < -0.39 is 17.6 Å². The van der Waals surface area contributed by atoms with Crippen LogP contribution in [0.5, 0.6) is 0 Å². The van der Waals surface area contributed by atoms with Crippen LogP contribution in [0.4, 0.5) is 22.7 Å². The summed E-state index contributed by atoms with van der Waals surface area (Å²) < 4.78 is 52.7. The van der Waals surface area contributed by atoms with Crippen LogP contribution in [0.25, 0.3) is 11.3 Å². The number of nitrogen functional groups attached to an aromatic ring is 1. The van der Waals surface area contributed by atoms with E-state index in [4.69, 9.17) is 5.73 Å². The van der Waals surface area contributed by atoms with Gasteiger partial charge in [0.1, 0.15) is 5.82 Å². The number of aromatic nitrogens is 1. The van der Waals surface area contributed by atoms with Crippen LogP contribution >= 0.6 is 11.3 Å². The van der Waals surface area contributed by atoms with Crippen LogP contribution in [0.15, 0.2) is 18.2 Å². The monoisotopic (exact) mass is 373 g/mol. The van der Waals surface area contributed by atoms with Gasteiger partial charge in [0.15, 0.2) is 5.13 Å². The molecule has 8 heteroatoms. The van der Waals surface area contributed by atoms with Crippen LogP contribution in [0.1, 0.15) is 36.6 Å². The molecule has 136 valence electrons. The van der Waals surface area contributed by atoms with Gasteiger partial charge in [-0.25, -0.2) is 9.37 Å². The first-order chi connectivity index (χ1) is 11.7. The normalized spacial score (nSPS) is 19.3. The minimum Gasteiger partial charge on any atom is -0.375 e. The Balaban J connectivity index is 1.97. The van der Waals surface area contributed by atoms with Crippen LogP contribution in [-0.2, 0) is 12.7 Å². The summed E-state index contributed by atoms with van der Waals surface area (Å²) in [6, 6.07) is 2.89. The van der Waals surface area contributed by atoms with Crippen LogP contribution in [0.3, 0.4) is 0 Å². The van der Waals surface area contributed by atoms with E-state index in [2.05, 4.69) is 16.8 Å². The summed E-state index contributed by atoms with van der Waals surface area (Å²) in [7, 11) is 0. The predicted molar refractivity (Wildman–Crippen MR) is 90.6 cm³/mol. The summed E-state index contributed by atoms with van der Waals surface area (Å²) in [4.78, 5) is 7.21. The molecule has 0 amide bonds. The average Bonchev–Trinajstić information content (AvgIpc) is 2.89. The summed E-state index contributed by atoms with van der Waals surface area (Å²) in [6.45, 7) is 3.62. The van der Waals surface area contributed by atoms with Crippen LogP contribution in [0, 0.1) is 5.82 Å². The zero-order valence-electron chi connectivity index (χ0n) is 13.7. The highest BCUT2D eigenvalue weighted by atomic mass is 32.1. The number of hydrogen-bond donors (Lipinski definition) is 1. The van der Waals surface area contributed by atoms with E-state index in [1.54, 1.807) is 0 Å². The molecule has 0 saturated carbocycles. The van der Waals surface area contributed by atoms with E-state index in [0.717, 1.165) is 36.4 Å². The Morgan fingerprint density at radius 1 is 1.28 bits per heavy atom. The highest BCUT2D eigenvalue weighted by molar-refractivity contribution is 7.15. The number of nitrogens with zero attached hydrogens (tertiary/aromatic N) is 2. The average molecular weight is 373 g/mol. The molecule has 1 aliphatic rings. The zero-order valence-corrected chi connectivity index (χ0v) is 14.6. The van der Waals surface area contributed by atoms with Gasteiger partial charge in [-0.2, -0.15) is 13.2 Å². The third-order valence-electron chi connectivity index (χ3n) is 4.50. The number of anilines is 1. The van der Waals surface area contributed by atoms with Gasteiger partial charge in [0.05, 0.1) is 11.3 Å². The summed E-state index contributed by atoms with van der Waals surface area (Å²) in [5.74, 6) is -0.936. The summed E-state index contributed by atoms with van der Waals surface area (Å²) in [6.07, 6.45) is -1.26. The van der Waals surface area contributed by atoms with Crippen molar-refractivity contribution < 1.29 is 17.6 Å². The van der Waals surface area contributed by atoms with Crippen molar-refractivity contribution in [1.29, 1.82) is 0 Å². The molecule has 1 aliphatic heterocycles. The third-order valence-corrected chi connectivity index (χ3v) is 5.37. The van der Waals surface area contributed by atoms with Crippen LogP contribution in [0.2, 0.25) is 0 Å². The number of likely N-dealkylation sites (tertiary alicyclic amines) is 1. The molecule has 0 radical (unpaired) electrons. The molecule has 0 bridgehead atoms. The van der Waals surface area contributed by atoms with Gasteiger partial charge < -0.3 is 5.73 Å². The fraction of sp³-hybridized carbons (Fsp3) is 0.471. The molecule has 3 rings (SSSR count). The second-order valence-electron chi connectivity index (χ2n) is 6.37. The van der Waals surface area contributed by atoms with Gasteiger partial charge in [-0.1, -0.05) is 6.42 Å². The van der Waals surface area contributed by atoms with Crippen LogP contribution in [-0.4, -0.2) is 22.5 Å². The Bertz CT molecular complexity index is 757. The van der Waals surface area contributed by atoms with E-state index in [-0.39, 0.29) is 10.7 Å². The van der Waals surface area contributed by atoms with Crippen molar-refractivity contribution in [3.8, 4) is 11.3 Å². The SMILES string of the molecule is C[C@@H]1CCCCN1Cc1sc(N)nc1-c1cc(F)cc(C(F)(F)F)c1. The van der Waals surface area contributed by atoms with Crippen LogP contribution < -0.4 is 5.73 Å². The first-order valence-corrected chi connectivity index (χ1v) is 8.93. The summed E-state index contributed by atoms with van der Waals surface area (Å²) in [5, 5.41) is 0.271. The zero-order chi connectivity index (χ0) is 18.2. The van der Waals surface area contributed by atoms with Crippen molar-refractivity contribution in [2.45, 2.75) is 44.9 Å². The number of rotatable bonds is 3. The molecular formula is C17H19F4N3S. The molecular weight excluding hydrogens is 354 g/mol. The Kier molecular flexibility index (Phi) is 5.02. The molecule has 1 atom stereocenters. The molecule has 0 unspecified atom stereocenters. The molecule has 2 aromatic rings. The predicted octanol–water partition coefficient (Wildman–Crippen LogP) is 4.92.